The van der Waals surface area contributed by atoms with Crippen molar-refractivity contribution in [3.05, 3.63) is 35.4 Å². The molecule has 0 saturated heterocycles. The van der Waals surface area contributed by atoms with Gasteiger partial charge in [-0.2, -0.15) is 0 Å². The minimum Gasteiger partial charge on any atom is -0.462 e. The van der Waals surface area contributed by atoms with Crippen LogP contribution in [0.25, 0.3) is 0 Å². The molecule has 0 radical (unpaired) electrons. The summed E-state index contributed by atoms with van der Waals surface area (Å²) in [5.74, 6) is -0.929. The molecule has 0 unspecified atom stereocenters. The maximum absolute atomic E-state index is 11.9. The third kappa shape index (κ3) is 2.70. The summed E-state index contributed by atoms with van der Waals surface area (Å²) in [7, 11) is 0. The largest absolute Gasteiger partial charge is 0.462 e. The molecule has 4 nitrogen and oxygen atoms in total. The first kappa shape index (κ1) is 12.6. The van der Waals surface area contributed by atoms with Gasteiger partial charge in [0.25, 0.3) is 0 Å². The summed E-state index contributed by atoms with van der Waals surface area (Å²) in [6.07, 6.45) is 2.92. The Morgan fingerprint density at radius 3 is 2.28 bits per heavy atom. The van der Waals surface area contributed by atoms with Crippen LogP contribution in [0.5, 0.6) is 0 Å². The van der Waals surface area contributed by atoms with Crippen molar-refractivity contribution in [2.45, 2.75) is 32.3 Å². The second-order valence-electron chi connectivity index (χ2n) is 4.22. The fourth-order valence-corrected chi connectivity index (χ4v) is 1.75. The van der Waals surface area contributed by atoms with Crippen LogP contribution in [0.3, 0.4) is 0 Å². The van der Waals surface area contributed by atoms with Crippen LogP contribution in [0.1, 0.15) is 46.9 Å². The lowest BCUT2D eigenvalue weighted by atomic mass is 9.96. The van der Waals surface area contributed by atoms with Crippen LogP contribution >= 0.6 is 0 Å². The van der Waals surface area contributed by atoms with E-state index in [-0.39, 0.29) is 23.8 Å². The molecule has 0 spiro atoms. The normalized spacial score (nSPS) is 14.7. The molecule has 96 valence electrons. The van der Waals surface area contributed by atoms with E-state index in [2.05, 4.69) is 0 Å². The third-order valence-electron chi connectivity index (χ3n) is 2.97. The highest BCUT2D eigenvalue weighted by atomic mass is 16.5. The van der Waals surface area contributed by atoms with Gasteiger partial charge in [-0.25, -0.2) is 9.59 Å². The zero-order valence-electron chi connectivity index (χ0n) is 10.3. The first-order valence-electron chi connectivity index (χ1n) is 6.19. The fourth-order valence-electron chi connectivity index (χ4n) is 1.75. The van der Waals surface area contributed by atoms with E-state index < -0.39 is 11.9 Å². The second kappa shape index (κ2) is 5.67. The molecule has 18 heavy (non-hydrogen) atoms. The Bertz CT molecular complexity index is 449. The van der Waals surface area contributed by atoms with Gasteiger partial charge in [0.05, 0.1) is 17.7 Å². The first-order chi connectivity index (χ1) is 8.72. The molecule has 0 aromatic heterocycles. The predicted molar refractivity (Wildman–Crippen MR) is 65.5 cm³/mol. The highest BCUT2D eigenvalue weighted by Gasteiger charge is 2.25. The molecule has 0 N–H and O–H groups in total. The van der Waals surface area contributed by atoms with E-state index >= 15 is 0 Å². The lowest BCUT2D eigenvalue weighted by Gasteiger charge is -2.25. The van der Waals surface area contributed by atoms with E-state index in [0.717, 1.165) is 19.3 Å². The van der Waals surface area contributed by atoms with Gasteiger partial charge < -0.3 is 9.47 Å². The quantitative estimate of drug-likeness (QED) is 0.768. The molecule has 2 rings (SSSR count). The standard InChI is InChI=1S/C14H16O4/c1-2-17-13(15)11-8-3-4-9-12(11)14(16)18-10-6-5-7-10/h3-4,8-10H,2,5-7H2,1H3. The van der Waals surface area contributed by atoms with Crippen LogP contribution in [0.15, 0.2) is 24.3 Å². The summed E-state index contributed by atoms with van der Waals surface area (Å²) in [4.78, 5) is 23.7. The number of benzene rings is 1. The Labute approximate surface area is 106 Å². The van der Waals surface area contributed by atoms with Gasteiger partial charge in [0.15, 0.2) is 0 Å². The van der Waals surface area contributed by atoms with E-state index in [9.17, 15) is 9.59 Å². The Morgan fingerprint density at radius 2 is 1.78 bits per heavy atom. The highest BCUT2D eigenvalue weighted by molar-refractivity contribution is 6.03. The number of hydrogen-bond donors (Lipinski definition) is 0. The molecule has 0 heterocycles. The minimum atomic E-state index is -0.487. The molecule has 1 aliphatic carbocycles. The van der Waals surface area contributed by atoms with Crippen LogP contribution in [-0.4, -0.2) is 24.6 Å². The van der Waals surface area contributed by atoms with Crippen molar-refractivity contribution in [3.63, 3.8) is 0 Å². The monoisotopic (exact) mass is 248 g/mol. The van der Waals surface area contributed by atoms with Crippen molar-refractivity contribution in [2.75, 3.05) is 6.61 Å². The summed E-state index contributed by atoms with van der Waals surface area (Å²) >= 11 is 0. The van der Waals surface area contributed by atoms with E-state index in [4.69, 9.17) is 9.47 Å². The van der Waals surface area contributed by atoms with Crippen LogP contribution in [0, 0.1) is 0 Å². The number of carbonyl (C=O) groups excluding carboxylic acids is 2. The van der Waals surface area contributed by atoms with Gasteiger partial charge in [0, 0.05) is 0 Å². The zero-order valence-corrected chi connectivity index (χ0v) is 10.3. The van der Waals surface area contributed by atoms with E-state index in [1.165, 1.54) is 0 Å². The molecule has 0 atom stereocenters. The smallest absolute Gasteiger partial charge is 0.339 e. The van der Waals surface area contributed by atoms with Crippen LogP contribution < -0.4 is 0 Å². The van der Waals surface area contributed by atoms with Crippen LogP contribution in [0.4, 0.5) is 0 Å². The van der Waals surface area contributed by atoms with Gasteiger partial charge in [-0.3, -0.25) is 0 Å². The van der Waals surface area contributed by atoms with Crippen molar-refractivity contribution in [1.82, 2.24) is 0 Å². The van der Waals surface area contributed by atoms with Crippen molar-refractivity contribution in [2.24, 2.45) is 0 Å². The fraction of sp³-hybridized carbons (Fsp3) is 0.429. The lowest BCUT2D eigenvalue weighted by molar-refractivity contribution is 0.00852. The maximum Gasteiger partial charge on any atom is 0.339 e. The summed E-state index contributed by atoms with van der Waals surface area (Å²) < 4.78 is 10.2. The van der Waals surface area contributed by atoms with Crippen molar-refractivity contribution < 1.29 is 19.1 Å². The third-order valence-corrected chi connectivity index (χ3v) is 2.97. The molecule has 1 aromatic carbocycles. The van der Waals surface area contributed by atoms with Gasteiger partial charge >= 0.3 is 11.9 Å². The van der Waals surface area contributed by atoms with E-state index in [1.54, 1.807) is 31.2 Å². The summed E-state index contributed by atoms with van der Waals surface area (Å²) in [5, 5.41) is 0. The first-order valence-corrected chi connectivity index (χ1v) is 6.19. The maximum atomic E-state index is 11.9. The molecule has 0 aliphatic heterocycles. The molecule has 1 aromatic rings. The topological polar surface area (TPSA) is 52.6 Å². The number of hydrogen-bond acceptors (Lipinski definition) is 4. The number of carbonyl (C=O) groups is 2. The van der Waals surface area contributed by atoms with E-state index in [1.807, 2.05) is 0 Å². The molecular weight excluding hydrogens is 232 g/mol. The minimum absolute atomic E-state index is 0.00718. The summed E-state index contributed by atoms with van der Waals surface area (Å²) in [6.45, 7) is 2.01. The molecule has 0 bridgehead atoms. The average molecular weight is 248 g/mol. The molecular formula is C14H16O4. The second-order valence-corrected chi connectivity index (χ2v) is 4.22. The zero-order chi connectivity index (χ0) is 13.0. The van der Waals surface area contributed by atoms with Gasteiger partial charge in [-0.1, -0.05) is 12.1 Å². The number of ether oxygens (including phenoxy) is 2. The van der Waals surface area contributed by atoms with Gasteiger partial charge in [0.1, 0.15) is 6.10 Å². The van der Waals surface area contributed by atoms with Crippen LogP contribution in [-0.2, 0) is 9.47 Å². The lowest BCUT2D eigenvalue weighted by Crippen LogP contribution is -2.26. The molecule has 4 heteroatoms. The number of esters is 2. The van der Waals surface area contributed by atoms with Gasteiger partial charge in [0.2, 0.25) is 0 Å². The Hall–Kier alpha value is -1.84. The summed E-state index contributed by atoms with van der Waals surface area (Å²) in [6, 6.07) is 6.58. The Morgan fingerprint density at radius 1 is 1.17 bits per heavy atom. The average Bonchev–Trinajstić information content (AvgIpc) is 2.34. The van der Waals surface area contributed by atoms with Crippen molar-refractivity contribution >= 4 is 11.9 Å². The van der Waals surface area contributed by atoms with E-state index in [0.29, 0.717) is 0 Å². The molecule has 1 aliphatic rings. The molecule has 1 fully saturated rings. The molecule has 1 saturated carbocycles. The number of rotatable bonds is 4. The SMILES string of the molecule is CCOC(=O)c1ccccc1C(=O)OC1CCC1. The Balaban J connectivity index is 2.15. The molecule has 0 amide bonds. The predicted octanol–water partition coefficient (Wildman–Crippen LogP) is 2.57. The van der Waals surface area contributed by atoms with Crippen molar-refractivity contribution in [3.8, 4) is 0 Å². The Kier molecular flexibility index (Phi) is 3.97. The van der Waals surface area contributed by atoms with Gasteiger partial charge in [-0.05, 0) is 38.3 Å². The van der Waals surface area contributed by atoms with Crippen molar-refractivity contribution in [1.29, 1.82) is 0 Å². The van der Waals surface area contributed by atoms with Gasteiger partial charge in [-0.15, -0.1) is 0 Å². The highest BCUT2D eigenvalue weighted by Crippen LogP contribution is 2.24. The van der Waals surface area contributed by atoms with Crippen LogP contribution in [0.2, 0.25) is 0 Å². The summed E-state index contributed by atoms with van der Waals surface area (Å²) in [5.41, 5.74) is 0.548.